The van der Waals surface area contributed by atoms with Crippen molar-refractivity contribution < 1.29 is 29.3 Å². The molecular formula is C24H43NO6. The van der Waals surface area contributed by atoms with Gasteiger partial charge in [-0.1, -0.05) is 6.92 Å². The Morgan fingerprint density at radius 3 is 1.74 bits per heavy atom. The Balaban J connectivity index is 1.76. The average Bonchev–Trinajstić information content (AvgIpc) is 2.81. The lowest BCUT2D eigenvalue weighted by molar-refractivity contribution is -0.155. The minimum atomic E-state index is -0.693. The Morgan fingerprint density at radius 2 is 1.29 bits per heavy atom. The van der Waals surface area contributed by atoms with Crippen molar-refractivity contribution in [2.24, 2.45) is 23.7 Å². The highest BCUT2D eigenvalue weighted by Gasteiger charge is 2.28. The van der Waals surface area contributed by atoms with Crippen molar-refractivity contribution in [3.63, 3.8) is 0 Å². The van der Waals surface area contributed by atoms with Gasteiger partial charge in [0, 0.05) is 19.3 Å². The van der Waals surface area contributed by atoms with E-state index in [0.29, 0.717) is 36.9 Å². The van der Waals surface area contributed by atoms with Gasteiger partial charge in [-0.05, 0) is 88.4 Å². The molecule has 0 aromatic rings. The molecule has 2 fully saturated rings. The third-order valence-corrected chi connectivity index (χ3v) is 7.14. The molecule has 0 saturated heterocycles. The van der Waals surface area contributed by atoms with Gasteiger partial charge in [0.15, 0.2) is 0 Å². The van der Waals surface area contributed by atoms with Crippen LogP contribution in [0.3, 0.4) is 0 Å². The Hall–Kier alpha value is -1.18. The van der Waals surface area contributed by atoms with Crippen molar-refractivity contribution in [3.05, 3.63) is 0 Å². The second kappa shape index (κ2) is 14.1. The van der Waals surface area contributed by atoms with E-state index in [0.717, 1.165) is 57.8 Å². The van der Waals surface area contributed by atoms with Crippen LogP contribution < -0.4 is 5.32 Å². The molecule has 0 spiro atoms. The minimum Gasteiger partial charge on any atom is -0.465 e. The molecule has 0 radical (unpaired) electrons. The van der Waals surface area contributed by atoms with Crippen LogP contribution in [-0.2, 0) is 19.1 Å². The van der Waals surface area contributed by atoms with Crippen molar-refractivity contribution in [2.45, 2.75) is 90.1 Å². The maximum atomic E-state index is 12.7. The fraction of sp³-hybridized carbons (Fsp3) is 0.917. The Morgan fingerprint density at radius 1 is 0.839 bits per heavy atom. The highest BCUT2D eigenvalue weighted by atomic mass is 16.5. The minimum absolute atomic E-state index is 0.0214. The molecule has 2 rings (SSSR count). The van der Waals surface area contributed by atoms with Crippen molar-refractivity contribution in [3.8, 4) is 0 Å². The van der Waals surface area contributed by atoms with Crippen LogP contribution in [0.4, 0.5) is 0 Å². The van der Waals surface area contributed by atoms with Gasteiger partial charge in [-0.25, -0.2) is 0 Å². The lowest BCUT2D eigenvalue weighted by Crippen LogP contribution is -2.45. The van der Waals surface area contributed by atoms with E-state index in [1.807, 2.05) is 13.8 Å². The highest BCUT2D eigenvalue weighted by molar-refractivity contribution is 5.82. The SMILES string of the molecule is CCC(C)NC(CC(=O)OCC1CCC(CO)CC1)C(=O)OCC1CCC(CO)CC1. The molecule has 2 atom stereocenters. The molecule has 180 valence electrons. The van der Waals surface area contributed by atoms with Crippen LogP contribution in [0.25, 0.3) is 0 Å². The fourth-order valence-electron chi connectivity index (χ4n) is 4.57. The van der Waals surface area contributed by atoms with E-state index in [2.05, 4.69) is 5.32 Å². The number of aliphatic hydroxyl groups is 2. The predicted molar refractivity (Wildman–Crippen MR) is 118 cm³/mol. The van der Waals surface area contributed by atoms with Crippen molar-refractivity contribution in [1.82, 2.24) is 5.32 Å². The summed E-state index contributed by atoms with van der Waals surface area (Å²) in [4.78, 5) is 25.1. The van der Waals surface area contributed by atoms with Crippen LogP contribution in [0, 0.1) is 23.7 Å². The zero-order valence-electron chi connectivity index (χ0n) is 19.4. The molecule has 0 heterocycles. The number of rotatable bonds is 12. The van der Waals surface area contributed by atoms with E-state index in [-0.39, 0.29) is 37.6 Å². The zero-order chi connectivity index (χ0) is 22.6. The number of nitrogens with one attached hydrogen (secondary N) is 1. The maximum Gasteiger partial charge on any atom is 0.323 e. The Labute approximate surface area is 187 Å². The maximum absolute atomic E-state index is 12.7. The molecule has 0 aromatic carbocycles. The number of ether oxygens (including phenoxy) is 2. The van der Waals surface area contributed by atoms with E-state index in [1.165, 1.54) is 0 Å². The summed E-state index contributed by atoms with van der Waals surface area (Å²) in [6.07, 6.45) is 8.57. The fourth-order valence-corrected chi connectivity index (χ4v) is 4.57. The van der Waals surface area contributed by atoms with Gasteiger partial charge in [-0.2, -0.15) is 0 Å². The summed E-state index contributed by atoms with van der Waals surface area (Å²) in [5.74, 6) is 0.672. The van der Waals surface area contributed by atoms with Gasteiger partial charge in [0.2, 0.25) is 0 Å². The molecule has 2 aliphatic carbocycles. The van der Waals surface area contributed by atoms with Crippen LogP contribution in [0.2, 0.25) is 0 Å². The van der Waals surface area contributed by atoms with Crippen LogP contribution in [0.15, 0.2) is 0 Å². The van der Waals surface area contributed by atoms with E-state index in [9.17, 15) is 19.8 Å². The van der Waals surface area contributed by atoms with Gasteiger partial charge in [-0.15, -0.1) is 0 Å². The van der Waals surface area contributed by atoms with Gasteiger partial charge in [0.25, 0.3) is 0 Å². The lowest BCUT2D eigenvalue weighted by atomic mass is 9.83. The number of carbonyl (C=O) groups excluding carboxylic acids is 2. The number of hydrogen-bond donors (Lipinski definition) is 3. The molecule has 7 nitrogen and oxygen atoms in total. The van der Waals surface area contributed by atoms with Gasteiger partial charge in [0.05, 0.1) is 19.6 Å². The summed E-state index contributed by atoms with van der Waals surface area (Å²) in [7, 11) is 0. The highest BCUT2D eigenvalue weighted by Crippen LogP contribution is 2.29. The molecule has 2 saturated carbocycles. The van der Waals surface area contributed by atoms with Crippen molar-refractivity contribution in [1.29, 1.82) is 0 Å². The van der Waals surface area contributed by atoms with Crippen LogP contribution in [-0.4, -0.2) is 60.7 Å². The van der Waals surface area contributed by atoms with Crippen molar-refractivity contribution in [2.75, 3.05) is 26.4 Å². The van der Waals surface area contributed by atoms with Gasteiger partial charge in [0.1, 0.15) is 6.04 Å². The molecule has 0 bridgehead atoms. The molecule has 0 amide bonds. The first-order valence-electron chi connectivity index (χ1n) is 12.2. The number of aliphatic hydroxyl groups excluding tert-OH is 2. The molecule has 0 aliphatic heterocycles. The summed E-state index contributed by atoms with van der Waals surface area (Å²) in [6, 6.07) is -0.597. The molecule has 7 heteroatoms. The van der Waals surface area contributed by atoms with Gasteiger partial charge >= 0.3 is 11.9 Å². The van der Waals surface area contributed by atoms with Crippen LogP contribution in [0.5, 0.6) is 0 Å². The summed E-state index contributed by atoms with van der Waals surface area (Å²) in [6.45, 7) is 5.25. The molecule has 3 N–H and O–H groups in total. The first kappa shape index (κ1) is 26.1. The monoisotopic (exact) mass is 441 g/mol. The molecule has 0 aromatic heterocycles. The quantitative estimate of drug-likeness (QED) is 0.400. The molecule has 31 heavy (non-hydrogen) atoms. The summed E-state index contributed by atoms with van der Waals surface area (Å²) < 4.78 is 11.1. The first-order valence-corrected chi connectivity index (χ1v) is 12.2. The van der Waals surface area contributed by atoms with Crippen molar-refractivity contribution >= 4 is 11.9 Å². The second-order valence-corrected chi connectivity index (χ2v) is 9.68. The second-order valence-electron chi connectivity index (χ2n) is 9.68. The Kier molecular flexibility index (Phi) is 11.8. The molecular weight excluding hydrogens is 398 g/mol. The largest absolute Gasteiger partial charge is 0.465 e. The van der Waals surface area contributed by atoms with Crippen LogP contribution in [0.1, 0.15) is 78.1 Å². The number of esters is 2. The standard InChI is InChI=1S/C24H43NO6/c1-3-17(2)25-22(24(29)31-16-21-10-6-19(14-27)7-11-21)12-23(28)30-15-20-8-4-18(13-26)5-9-20/h17-22,25-27H,3-16H2,1-2H3. The van der Waals surface area contributed by atoms with Crippen LogP contribution >= 0.6 is 0 Å². The van der Waals surface area contributed by atoms with Gasteiger partial charge < -0.3 is 25.0 Å². The first-order chi connectivity index (χ1) is 14.9. The van der Waals surface area contributed by atoms with E-state index in [1.54, 1.807) is 0 Å². The zero-order valence-corrected chi connectivity index (χ0v) is 19.4. The lowest BCUT2D eigenvalue weighted by Gasteiger charge is -2.28. The van der Waals surface area contributed by atoms with E-state index < -0.39 is 6.04 Å². The normalized spacial score (nSPS) is 28.5. The Bertz CT molecular complexity index is 526. The smallest absolute Gasteiger partial charge is 0.323 e. The summed E-state index contributed by atoms with van der Waals surface area (Å²) in [5, 5.41) is 21.7. The van der Waals surface area contributed by atoms with E-state index in [4.69, 9.17) is 9.47 Å². The number of carbonyl (C=O) groups is 2. The molecule has 2 unspecified atom stereocenters. The van der Waals surface area contributed by atoms with E-state index >= 15 is 0 Å². The number of hydrogen-bond acceptors (Lipinski definition) is 7. The van der Waals surface area contributed by atoms with Gasteiger partial charge in [-0.3, -0.25) is 9.59 Å². The topological polar surface area (TPSA) is 105 Å². The molecule has 2 aliphatic rings. The average molecular weight is 442 g/mol. The summed E-state index contributed by atoms with van der Waals surface area (Å²) in [5.41, 5.74) is 0. The summed E-state index contributed by atoms with van der Waals surface area (Å²) >= 11 is 0. The third kappa shape index (κ3) is 9.46. The predicted octanol–water partition coefficient (Wildman–Crippen LogP) is 2.82. The third-order valence-electron chi connectivity index (χ3n) is 7.14.